The van der Waals surface area contributed by atoms with E-state index in [9.17, 15) is 18.3 Å². The molecule has 2 N–H and O–H groups in total. The third-order valence-electron chi connectivity index (χ3n) is 3.74. The summed E-state index contributed by atoms with van der Waals surface area (Å²) < 4.78 is 38.1. The van der Waals surface area contributed by atoms with Crippen molar-refractivity contribution in [1.29, 1.82) is 0 Å². The van der Waals surface area contributed by atoms with Crippen LogP contribution in [0.2, 0.25) is 5.02 Å². The number of hydrogen-bond acceptors (Lipinski definition) is 2. The summed E-state index contributed by atoms with van der Waals surface area (Å²) in [6, 6.07) is 12.2. The molecule has 6 heteroatoms. The lowest BCUT2D eigenvalue weighted by Crippen LogP contribution is -2.32. The zero-order chi connectivity index (χ0) is 17.7. The minimum Gasteiger partial charge on any atom is -0.387 e. The zero-order valence-corrected chi connectivity index (χ0v) is 13.9. The Hall–Kier alpha value is -1.56. The van der Waals surface area contributed by atoms with Gasteiger partial charge in [-0.1, -0.05) is 41.9 Å². The van der Waals surface area contributed by atoms with Gasteiger partial charge in [0, 0.05) is 17.6 Å². The summed E-state index contributed by atoms with van der Waals surface area (Å²) in [5.41, 5.74) is 0.457. The number of rotatable bonds is 6. The molecule has 24 heavy (non-hydrogen) atoms. The molecule has 0 spiro atoms. The van der Waals surface area contributed by atoms with Gasteiger partial charge in [-0.25, -0.2) is 0 Å². The number of nitrogens with one attached hydrogen (secondary N) is 1. The molecule has 0 saturated heterocycles. The predicted octanol–water partition coefficient (Wildman–Crippen LogP) is 4.61. The number of halogens is 4. The molecule has 2 rings (SSSR count). The van der Waals surface area contributed by atoms with Gasteiger partial charge in [-0.2, -0.15) is 13.2 Å². The molecular formula is C18H19ClF3NO. The molecule has 2 aromatic rings. The summed E-state index contributed by atoms with van der Waals surface area (Å²) in [5.74, 6) is 0. The number of aliphatic hydroxyl groups excluding tert-OH is 1. The second-order valence-corrected chi connectivity index (χ2v) is 6.15. The Morgan fingerprint density at radius 2 is 1.83 bits per heavy atom. The summed E-state index contributed by atoms with van der Waals surface area (Å²) in [7, 11) is 0. The van der Waals surface area contributed by atoms with Gasteiger partial charge in [0.2, 0.25) is 0 Å². The SMILES string of the molecule is CC(Cc1ccccc1Cl)NC[C@H](O)c1cccc(C(F)(F)F)c1. The van der Waals surface area contributed by atoms with Crippen molar-refractivity contribution in [2.45, 2.75) is 31.7 Å². The summed E-state index contributed by atoms with van der Waals surface area (Å²) >= 11 is 6.10. The van der Waals surface area contributed by atoms with Gasteiger partial charge in [0.05, 0.1) is 11.7 Å². The van der Waals surface area contributed by atoms with Crippen LogP contribution in [0.25, 0.3) is 0 Å². The molecule has 2 nitrogen and oxygen atoms in total. The van der Waals surface area contributed by atoms with E-state index in [1.807, 2.05) is 25.1 Å². The van der Waals surface area contributed by atoms with Crippen LogP contribution in [-0.2, 0) is 12.6 Å². The summed E-state index contributed by atoms with van der Waals surface area (Å²) in [6.07, 6.45) is -4.77. The molecule has 0 aliphatic carbocycles. The van der Waals surface area contributed by atoms with Crippen molar-refractivity contribution in [3.8, 4) is 0 Å². The standard InChI is InChI=1S/C18H19ClF3NO/c1-12(9-13-5-2-3-8-16(13)19)23-11-17(24)14-6-4-7-15(10-14)18(20,21)22/h2-8,10,12,17,23-24H,9,11H2,1H3/t12?,17-/m0/s1. The Morgan fingerprint density at radius 1 is 1.12 bits per heavy atom. The quantitative estimate of drug-likeness (QED) is 0.791. The molecule has 130 valence electrons. The second-order valence-electron chi connectivity index (χ2n) is 5.74. The molecule has 0 fully saturated rings. The molecular weight excluding hydrogens is 339 g/mol. The topological polar surface area (TPSA) is 32.3 Å². The van der Waals surface area contributed by atoms with Crippen molar-refractivity contribution in [1.82, 2.24) is 5.32 Å². The first kappa shape index (κ1) is 18.8. The zero-order valence-electron chi connectivity index (χ0n) is 13.1. The normalized spacial score (nSPS) is 14.4. The first-order valence-electron chi connectivity index (χ1n) is 7.59. The van der Waals surface area contributed by atoms with Crippen LogP contribution in [0.5, 0.6) is 0 Å². The average molecular weight is 358 g/mol. The van der Waals surface area contributed by atoms with Gasteiger partial charge in [0.15, 0.2) is 0 Å². The minimum absolute atomic E-state index is 0.0188. The number of alkyl halides is 3. The second kappa shape index (κ2) is 8.01. The van der Waals surface area contributed by atoms with Gasteiger partial charge in [-0.3, -0.25) is 0 Å². The van der Waals surface area contributed by atoms with Gasteiger partial charge in [-0.15, -0.1) is 0 Å². The third kappa shape index (κ3) is 5.23. The molecule has 0 radical (unpaired) electrons. The van der Waals surface area contributed by atoms with Crippen molar-refractivity contribution < 1.29 is 18.3 Å². The molecule has 1 unspecified atom stereocenters. The molecule has 2 atom stereocenters. The van der Waals surface area contributed by atoms with E-state index < -0.39 is 17.8 Å². The monoisotopic (exact) mass is 357 g/mol. The molecule has 0 amide bonds. The first-order chi connectivity index (χ1) is 11.3. The predicted molar refractivity (Wildman–Crippen MR) is 89.0 cm³/mol. The lowest BCUT2D eigenvalue weighted by atomic mass is 10.0. The van der Waals surface area contributed by atoms with Crippen molar-refractivity contribution in [2.24, 2.45) is 0 Å². The van der Waals surface area contributed by atoms with Gasteiger partial charge in [0.1, 0.15) is 0 Å². The summed E-state index contributed by atoms with van der Waals surface area (Å²) in [6.45, 7) is 2.09. The maximum atomic E-state index is 12.7. The lowest BCUT2D eigenvalue weighted by molar-refractivity contribution is -0.137. The first-order valence-corrected chi connectivity index (χ1v) is 7.97. The van der Waals surface area contributed by atoms with E-state index >= 15 is 0 Å². The van der Waals surface area contributed by atoms with E-state index in [4.69, 9.17) is 11.6 Å². The van der Waals surface area contributed by atoms with Gasteiger partial charge < -0.3 is 10.4 Å². The summed E-state index contributed by atoms with van der Waals surface area (Å²) in [5, 5.41) is 13.9. The van der Waals surface area contributed by atoms with E-state index in [0.29, 0.717) is 11.4 Å². The Labute approximate surface area is 144 Å². The summed E-state index contributed by atoms with van der Waals surface area (Å²) in [4.78, 5) is 0. The van der Waals surface area contributed by atoms with Gasteiger partial charge >= 0.3 is 6.18 Å². The van der Waals surface area contributed by atoms with Crippen molar-refractivity contribution >= 4 is 11.6 Å². The van der Waals surface area contributed by atoms with E-state index in [0.717, 1.165) is 17.7 Å². The van der Waals surface area contributed by atoms with Crippen LogP contribution < -0.4 is 5.32 Å². The van der Waals surface area contributed by atoms with Gasteiger partial charge in [-0.05, 0) is 42.7 Å². The van der Waals surface area contributed by atoms with E-state index in [-0.39, 0.29) is 18.2 Å². The van der Waals surface area contributed by atoms with E-state index in [1.165, 1.54) is 12.1 Å². The fraction of sp³-hybridized carbons (Fsp3) is 0.333. The minimum atomic E-state index is -4.42. The van der Waals surface area contributed by atoms with Crippen molar-refractivity contribution in [3.63, 3.8) is 0 Å². The maximum absolute atomic E-state index is 12.7. The molecule has 0 aliphatic rings. The molecule has 2 aromatic carbocycles. The highest BCUT2D eigenvalue weighted by molar-refractivity contribution is 6.31. The highest BCUT2D eigenvalue weighted by Gasteiger charge is 2.30. The number of benzene rings is 2. The van der Waals surface area contributed by atoms with Crippen LogP contribution in [-0.4, -0.2) is 17.7 Å². The smallest absolute Gasteiger partial charge is 0.387 e. The van der Waals surface area contributed by atoms with Crippen LogP contribution in [0, 0.1) is 0 Å². The number of hydrogen-bond donors (Lipinski definition) is 2. The molecule has 0 heterocycles. The van der Waals surface area contributed by atoms with Crippen LogP contribution in [0.3, 0.4) is 0 Å². The Balaban J connectivity index is 1.93. The van der Waals surface area contributed by atoms with Crippen LogP contribution in [0.1, 0.15) is 29.7 Å². The van der Waals surface area contributed by atoms with Crippen molar-refractivity contribution in [3.05, 3.63) is 70.2 Å². The molecule has 0 aliphatic heterocycles. The van der Waals surface area contributed by atoms with Crippen LogP contribution in [0.15, 0.2) is 48.5 Å². The maximum Gasteiger partial charge on any atom is 0.416 e. The van der Waals surface area contributed by atoms with Crippen LogP contribution in [0.4, 0.5) is 13.2 Å². The average Bonchev–Trinajstić information content (AvgIpc) is 2.54. The van der Waals surface area contributed by atoms with Crippen LogP contribution >= 0.6 is 11.6 Å². The van der Waals surface area contributed by atoms with E-state index in [2.05, 4.69) is 5.32 Å². The fourth-order valence-electron chi connectivity index (χ4n) is 2.42. The highest BCUT2D eigenvalue weighted by atomic mass is 35.5. The van der Waals surface area contributed by atoms with Crippen molar-refractivity contribution in [2.75, 3.05) is 6.54 Å². The Bertz CT molecular complexity index is 675. The fourth-order valence-corrected chi connectivity index (χ4v) is 2.63. The molecule has 0 aromatic heterocycles. The lowest BCUT2D eigenvalue weighted by Gasteiger charge is -2.19. The number of aliphatic hydroxyl groups is 1. The third-order valence-corrected chi connectivity index (χ3v) is 4.11. The molecule has 0 bridgehead atoms. The Kier molecular flexibility index (Phi) is 6.27. The van der Waals surface area contributed by atoms with E-state index in [1.54, 1.807) is 6.07 Å². The Morgan fingerprint density at radius 3 is 2.50 bits per heavy atom. The molecule has 0 saturated carbocycles. The highest BCUT2D eigenvalue weighted by Crippen LogP contribution is 2.30. The van der Waals surface area contributed by atoms with Gasteiger partial charge in [0.25, 0.3) is 0 Å². The largest absolute Gasteiger partial charge is 0.416 e.